The van der Waals surface area contributed by atoms with Gasteiger partial charge < -0.3 is 0 Å². The molecule has 2 aromatic carbocycles. The molecule has 0 saturated carbocycles. The second-order valence-electron chi connectivity index (χ2n) is 11.9. The van der Waals surface area contributed by atoms with Crippen molar-refractivity contribution in [2.45, 2.75) is 68.2 Å². The van der Waals surface area contributed by atoms with Gasteiger partial charge in [0.25, 0.3) is 0 Å². The Labute approximate surface area is 241 Å². The van der Waals surface area contributed by atoms with Crippen LogP contribution in [0.3, 0.4) is 0 Å². The maximum atomic E-state index is 6.49. The number of hydrogen-bond acceptors (Lipinski definition) is 0. The molecule has 4 rings (SSSR count). The zero-order chi connectivity index (χ0) is 26.7. The Morgan fingerprint density at radius 2 is 0.944 bits per heavy atom. The summed E-state index contributed by atoms with van der Waals surface area (Å²) in [6.07, 6.45) is 7.45. The van der Waals surface area contributed by atoms with Gasteiger partial charge in [0.05, 0.1) is 0 Å². The molecule has 0 atom stereocenters. The summed E-state index contributed by atoms with van der Waals surface area (Å²) in [7, 11) is 0. The van der Waals surface area contributed by atoms with Crippen LogP contribution in [0, 0.1) is 10.8 Å². The maximum absolute atomic E-state index is 6.49. The van der Waals surface area contributed by atoms with Gasteiger partial charge >= 0.3 is 150 Å². The van der Waals surface area contributed by atoms with E-state index in [9.17, 15) is 0 Å². The second-order valence-corrected chi connectivity index (χ2v) is 21.8. The molecule has 2 aliphatic rings. The van der Waals surface area contributed by atoms with Crippen LogP contribution in [-0.4, -0.2) is 6.69 Å². The average molecular weight is 615 g/mol. The fourth-order valence-corrected chi connectivity index (χ4v) is 11.0. The third-order valence-electron chi connectivity index (χ3n) is 6.97. The number of allylic oxidation sites excluding steroid dienone is 8. The summed E-state index contributed by atoms with van der Waals surface area (Å²) in [4.78, 5) is 0. The molecule has 0 aromatic heterocycles. The standard InChI is InChI=1S/C12H10Cl2Si.2C10H15.Zr/c13-15(14,11-7-3-1-4-8-11)12-9-5-2-6-10-12;2*1-8-5-6-9(7-8)10(2,3)4;/h1-10H;2*7H,6H2,1-4H3;. The molecular weight excluding hydrogens is 575 g/mol. The minimum atomic E-state index is -2.51. The normalized spacial score (nSPS) is 16.5. The number of hydrogen-bond donors (Lipinski definition) is 0. The van der Waals surface area contributed by atoms with Crippen LogP contribution in [0.1, 0.15) is 68.2 Å². The Morgan fingerprint density at radius 3 is 1.22 bits per heavy atom. The molecule has 190 valence electrons. The van der Waals surface area contributed by atoms with Crippen molar-refractivity contribution in [2.24, 2.45) is 10.8 Å². The molecule has 0 radical (unpaired) electrons. The smallest absolute Gasteiger partial charge is 0.134 e. The molecule has 36 heavy (non-hydrogen) atoms. The van der Waals surface area contributed by atoms with Gasteiger partial charge in [0, 0.05) is 0 Å². The molecule has 0 aliphatic heterocycles. The van der Waals surface area contributed by atoms with Crippen LogP contribution in [0.15, 0.2) is 102 Å². The first-order chi connectivity index (χ1) is 16.7. The minimum Gasteiger partial charge on any atom is -0.134 e. The summed E-state index contributed by atoms with van der Waals surface area (Å²) < 4.78 is 3.61. The van der Waals surface area contributed by atoms with Gasteiger partial charge in [0.15, 0.2) is 0 Å². The zero-order valence-corrected chi connectivity index (χ0v) is 28.1. The Hall–Kier alpha value is -0.920. The molecule has 0 spiro atoms. The molecule has 0 amide bonds. The van der Waals surface area contributed by atoms with Crippen molar-refractivity contribution in [3.63, 3.8) is 0 Å². The topological polar surface area (TPSA) is 0 Å². The van der Waals surface area contributed by atoms with Gasteiger partial charge in [0.2, 0.25) is 0 Å². The van der Waals surface area contributed by atoms with Gasteiger partial charge in [-0.15, -0.1) is 22.2 Å². The van der Waals surface area contributed by atoms with Gasteiger partial charge in [-0.2, -0.15) is 0 Å². The number of halogens is 2. The summed E-state index contributed by atoms with van der Waals surface area (Å²) in [5.74, 6) is 0. The molecule has 2 aromatic rings. The fraction of sp³-hybridized carbons (Fsp3) is 0.375. The Kier molecular flexibility index (Phi) is 9.76. The molecule has 0 heterocycles. The molecule has 0 unspecified atom stereocenters. The van der Waals surface area contributed by atoms with Crippen molar-refractivity contribution < 1.29 is 23.2 Å². The second kappa shape index (κ2) is 11.9. The van der Waals surface area contributed by atoms with E-state index in [1.807, 2.05) is 60.7 Å². The van der Waals surface area contributed by atoms with Gasteiger partial charge in [-0.25, -0.2) is 0 Å². The molecule has 2 aliphatic carbocycles. The van der Waals surface area contributed by atoms with E-state index in [1.54, 1.807) is 28.9 Å². The average Bonchev–Trinajstić information content (AvgIpc) is 3.38. The van der Waals surface area contributed by atoms with E-state index in [-0.39, 0.29) is 0 Å². The summed E-state index contributed by atoms with van der Waals surface area (Å²) >= 11 is 12.4. The Balaban J connectivity index is 0.000000212. The van der Waals surface area contributed by atoms with Gasteiger partial charge in [-0.3, -0.25) is 0 Å². The predicted molar refractivity (Wildman–Crippen MR) is 159 cm³/mol. The summed E-state index contributed by atoms with van der Waals surface area (Å²) in [6, 6.07) is 19.7. The first kappa shape index (κ1) is 29.6. The van der Waals surface area contributed by atoms with Crippen LogP contribution in [0.25, 0.3) is 0 Å². The molecule has 0 N–H and O–H groups in total. The van der Waals surface area contributed by atoms with Gasteiger partial charge in [-0.1, -0.05) is 60.7 Å². The van der Waals surface area contributed by atoms with Crippen molar-refractivity contribution in [3.05, 3.63) is 102 Å². The Morgan fingerprint density at radius 1 is 0.611 bits per heavy atom. The molecule has 0 bridgehead atoms. The quantitative estimate of drug-likeness (QED) is 0.238. The monoisotopic (exact) mass is 612 g/mol. The van der Waals surface area contributed by atoms with E-state index in [1.165, 1.54) is 12.8 Å². The number of rotatable bonds is 4. The molecule has 0 saturated heterocycles. The van der Waals surface area contributed by atoms with E-state index in [0.29, 0.717) is 10.8 Å². The van der Waals surface area contributed by atoms with Crippen LogP contribution >= 0.6 is 22.2 Å². The van der Waals surface area contributed by atoms with Crippen molar-refractivity contribution in [1.82, 2.24) is 0 Å². The molecule has 0 fully saturated rings. The fourth-order valence-electron chi connectivity index (χ4n) is 4.35. The van der Waals surface area contributed by atoms with Crippen molar-refractivity contribution in [2.75, 3.05) is 0 Å². The van der Waals surface area contributed by atoms with Gasteiger partial charge in [0.1, 0.15) is 0 Å². The summed E-state index contributed by atoms with van der Waals surface area (Å²) in [6.45, 7) is 16.2. The van der Waals surface area contributed by atoms with E-state index < -0.39 is 29.9 Å². The van der Waals surface area contributed by atoms with E-state index in [2.05, 4.69) is 67.5 Å². The molecule has 0 nitrogen and oxygen atoms in total. The van der Waals surface area contributed by atoms with Crippen LogP contribution in [0.4, 0.5) is 0 Å². The third kappa shape index (κ3) is 7.57. The van der Waals surface area contributed by atoms with E-state index in [4.69, 9.17) is 22.2 Å². The van der Waals surface area contributed by atoms with Crippen molar-refractivity contribution in [3.8, 4) is 0 Å². The van der Waals surface area contributed by atoms with Crippen molar-refractivity contribution >= 4 is 39.2 Å². The summed E-state index contributed by atoms with van der Waals surface area (Å²) in [5.41, 5.74) is 7.09. The van der Waals surface area contributed by atoms with Gasteiger partial charge in [-0.05, 0) is 10.4 Å². The Bertz CT molecular complexity index is 1090. The predicted octanol–water partition coefficient (Wildman–Crippen LogP) is 9.09. The first-order valence-corrected chi connectivity index (χ1v) is 19.3. The van der Waals surface area contributed by atoms with E-state index >= 15 is 0 Å². The minimum absolute atomic E-state index is 0.330. The van der Waals surface area contributed by atoms with Crippen LogP contribution in [0.5, 0.6) is 0 Å². The summed E-state index contributed by atoms with van der Waals surface area (Å²) in [5, 5.41) is 2.05. The largest absolute Gasteiger partial charge is 0.310 e. The number of benzene rings is 2. The molecule has 4 heteroatoms. The van der Waals surface area contributed by atoms with E-state index in [0.717, 1.165) is 10.4 Å². The van der Waals surface area contributed by atoms with Crippen LogP contribution < -0.4 is 10.4 Å². The SMILES string of the molecule is CC1=[C]([Zr][C]2=C(C)C=C(C(C)(C)C)C2)CC(C(C)(C)C)=C1.Cl[Si](Cl)(c1ccccc1)c1ccccc1. The zero-order valence-electron chi connectivity index (χ0n) is 23.1. The van der Waals surface area contributed by atoms with Crippen LogP contribution in [0.2, 0.25) is 0 Å². The van der Waals surface area contributed by atoms with Crippen molar-refractivity contribution in [1.29, 1.82) is 0 Å². The molecular formula is C32H40Cl2SiZr. The maximum Gasteiger partial charge on any atom is 0.310 e. The first-order valence-electron chi connectivity index (χ1n) is 12.8. The van der Waals surface area contributed by atoms with Crippen LogP contribution in [-0.2, 0) is 23.2 Å². The third-order valence-corrected chi connectivity index (χ3v) is 16.0.